The fourth-order valence-electron chi connectivity index (χ4n) is 2.59. The monoisotopic (exact) mass is 296 g/mol. The Kier molecular flexibility index (Phi) is 3.86. The molecule has 102 valence electrons. The lowest BCUT2D eigenvalue weighted by molar-refractivity contribution is 0.529. The first-order chi connectivity index (χ1) is 9.29. The van der Waals surface area contributed by atoms with Crippen LogP contribution in [0.2, 0.25) is 5.02 Å². The predicted molar refractivity (Wildman–Crippen MR) is 81.3 cm³/mol. The highest BCUT2D eigenvalue weighted by molar-refractivity contribution is 7.00. The number of aromatic nitrogens is 2. The number of fused-ring (bicyclic) bond motifs is 1. The van der Waals surface area contributed by atoms with Crippen LogP contribution in [-0.4, -0.2) is 34.4 Å². The molecule has 0 bridgehead atoms. The molecular formula is C13H17ClN4S. The minimum atomic E-state index is 0.514. The van der Waals surface area contributed by atoms with Crippen molar-refractivity contribution in [1.29, 1.82) is 0 Å². The number of benzene rings is 1. The molecule has 1 N–H and O–H groups in total. The molecule has 2 heterocycles. The molecule has 1 fully saturated rings. The van der Waals surface area contributed by atoms with Gasteiger partial charge in [0.05, 0.1) is 22.4 Å². The van der Waals surface area contributed by atoms with E-state index in [0.29, 0.717) is 6.04 Å². The Balaban J connectivity index is 2.02. The zero-order chi connectivity index (χ0) is 13.2. The average molecular weight is 297 g/mol. The molecule has 1 saturated heterocycles. The molecule has 1 aliphatic rings. The summed E-state index contributed by atoms with van der Waals surface area (Å²) in [5, 5.41) is 4.35. The second-order valence-corrected chi connectivity index (χ2v) is 5.82. The number of nitrogens with zero attached hydrogens (tertiary/aromatic N) is 3. The molecule has 1 aliphatic heterocycles. The number of hydrogen-bond donors (Lipinski definition) is 1. The van der Waals surface area contributed by atoms with Gasteiger partial charge in [0.2, 0.25) is 0 Å². The highest BCUT2D eigenvalue weighted by Crippen LogP contribution is 2.34. The lowest BCUT2D eigenvalue weighted by Gasteiger charge is -2.26. The third-order valence-electron chi connectivity index (χ3n) is 3.64. The highest BCUT2D eigenvalue weighted by atomic mass is 35.5. The molecule has 2 aromatic rings. The molecule has 0 spiro atoms. The second kappa shape index (κ2) is 5.61. The van der Waals surface area contributed by atoms with Gasteiger partial charge >= 0.3 is 0 Å². The Morgan fingerprint density at radius 3 is 3.21 bits per heavy atom. The van der Waals surface area contributed by atoms with Crippen LogP contribution in [0.5, 0.6) is 0 Å². The van der Waals surface area contributed by atoms with Crippen molar-refractivity contribution >= 4 is 40.0 Å². The van der Waals surface area contributed by atoms with E-state index >= 15 is 0 Å². The summed E-state index contributed by atoms with van der Waals surface area (Å²) in [4.78, 5) is 2.36. The van der Waals surface area contributed by atoms with Crippen LogP contribution in [0.4, 0.5) is 5.69 Å². The zero-order valence-electron chi connectivity index (χ0n) is 10.9. The standard InChI is InChI=1S/C13H17ClN4S/c1-2-9-8-18(7-3-6-15-9)13-10(14)4-5-11-12(13)17-19-16-11/h4-5,9,15H,2-3,6-8H2,1H3. The predicted octanol–water partition coefficient (Wildman–Crippen LogP) is 2.92. The number of nitrogens with one attached hydrogen (secondary N) is 1. The minimum absolute atomic E-state index is 0.514. The first-order valence-electron chi connectivity index (χ1n) is 6.68. The van der Waals surface area contributed by atoms with E-state index in [2.05, 4.69) is 25.9 Å². The van der Waals surface area contributed by atoms with Gasteiger partial charge in [-0.05, 0) is 31.5 Å². The van der Waals surface area contributed by atoms with E-state index in [0.717, 1.165) is 54.2 Å². The van der Waals surface area contributed by atoms with Gasteiger partial charge in [0.25, 0.3) is 0 Å². The zero-order valence-corrected chi connectivity index (χ0v) is 12.5. The summed E-state index contributed by atoms with van der Waals surface area (Å²) in [6.07, 6.45) is 2.25. The topological polar surface area (TPSA) is 41.1 Å². The molecule has 0 amide bonds. The molecule has 1 atom stereocenters. The smallest absolute Gasteiger partial charge is 0.129 e. The van der Waals surface area contributed by atoms with E-state index in [4.69, 9.17) is 11.6 Å². The van der Waals surface area contributed by atoms with Crippen molar-refractivity contribution in [3.8, 4) is 0 Å². The van der Waals surface area contributed by atoms with Crippen molar-refractivity contribution in [2.24, 2.45) is 0 Å². The van der Waals surface area contributed by atoms with Gasteiger partial charge in [0.15, 0.2) is 0 Å². The molecule has 3 rings (SSSR count). The van der Waals surface area contributed by atoms with Crippen LogP contribution in [0.15, 0.2) is 12.1 Å². The maximum absolute atomic E-state index is 6.41. The van der Waals surface area contributed by atoms with Crippen LogP contribution < -0.4 is 10.2 Å². The van der Waals surface area contributed by atoms with Crippen LogP contribution >= 0.6 is 23.3 Å². The molecule has 1 aromatic carbocycles. The maximum Gasteiger partial charge on any atom is 0.129 e. The van der Waals surface area contributed by atoms with Crippen LogP contribution in [0.1, 0.15) is 19.8 Å². The first kappa shape index (κ1) is 13.1. The van der Waals surface area contributed by atoms with Gasteiger partial charge in [0, 0.05) is 19.1 Å². The molecule has 6 heteroatoms. The van der Waals surface area contributed by atoms with Gasteiger partial charge in [-0.2, -0.15) is 8.75 Å². The van der Waals surface area contributed by atoms with Gasteiger partial charge in [-0.25, -0.2) is 0 Å². The van der Waals surface area contributed by atoms with Crippen molar-refractivity contribution in [2.75, 3.05) is 24.5 Å². The molecule has 4 nitrogen and oxygen atoms in total. The van der Waals surface area contributed by atoms with Crippen LogP contribution in [0.3, 0.4) is 0 Å². The van der Waals surface area contributed by atoms with Gasteiger partial charge in [-0.15, -0.1) is 0 Å². The largest absolute Gasteiger partial charge is 0.367 e. The quantitative estimate of drug-likeness (QED) is 0.925. The maximum atomic E-state index is 6.41. The fourth-order valence-corrected chi connectivity index (χ4v) is 3.40. The fraction of sp³-hybridized carbons (Fsp3) is 0.538. The second-order valence-electron chi connectivity index (χ2n) is 4.89. The lowest BCUT2D eigenvalue weighted by atomic mass is 10.2. The Hall–Kier alpha value is -0.910. The van der Waals surface area contributed by atoms with Gasteiger partial charge in [-0.3, -0.25) is 0 Å². The third kappa shape index (κ3) is 2.55. The van der Waals surface area contributed by atoms with Crippen molar-refractivity contribution in [2.45, 2.75) is 25.8 Å². The van der Waals surface area contributed by atoms with E-state index in [-0.39, 0.29) is 0 Å². The van der Waals surface area contributed by atoms with Crippen molar-refractivity contribution in [3.05, 3.63) is 17.2 Å². The van der Waals surface area contributed by atoms with Crippen molar-refractivity contribution in [1.82, 2.24) is 14.1 Å². The number of halogens is 1. The van der Waals surface area contributed by atoms with Gasteiger partial charge in [0.1, 0.15) is 11.0 Å². The van der Waals surface area contributed by atoms with E-state index in [1.165, 1.54) is 11.7 Å². The number of hydrogen-bond acceptors (Lipinski definition) is 5. The highest BCUT2D eigenvalue weighted by Gasteiger charge is 2.21. The Morgan fingerprint density at radius 2 is 2.37 bits per heavy atom. The molecule has 19 heavy (non-hydrogen) atoms. The van der Waals surface area contributed by atoms with Gasteiger partial charge < -0.3 is 10.2 Å². The SMILES string of the molecule is CCC1CN(c2c(Cl)ccc3nsnc23)CCCN1. The molecule has 1 aromatic heterocycles. The summed E-state index contributed by atoms with van der Waals surface area (Å²) < 4.78 is 8.73. The van der Waals surface area contributed by atoms with E-state index in [1.807, 2.05) is 12.1 Å². The summed E-state index contributed by atoms with van der Waals surface area (Å²) in [5.74, 6) is 0. The van der Waals surface area contributed by atoms with Gasteiger partial charge in [-0.1, -0.05) is 18.5 Å². The molecule has 1 unspecified atom stereocenters. The lowest BCUT2D eigenvalue weighted by Crippen LogP contribution is -2.37. The van der Waals surface area contributed by atoms with E-state index in [9.17, 15) is 0 Å². The third-order valence-corrected chi connectivity index (χ3v) is 4.49. The van der Waals surface area contributed by atoms with Crippen LogP contribution in [0.25, 0.3) is 11.0 Å². The average Bonchev–Trinajstić information content (AvgIpc) is 2.76. The van der Waals surface area contributed by atoms with E-state index in [1.54, 1.807) is 0 Å². The normalized spacial score (nSPS) is 20.7. The molecule has 0 saturated carbocycles. The summed E-state index contributed by atoms with van der Waals surface area (Å²) in [7, 11) is 0. The number of rotatable bonds is 2. The Bertz CT molecular complexity index is 571. The molecule has 0 radical (unpaired) electrons. The summed E-state index contributed by atoms with van der Waals surface area (Å²) in [6.45, 7) is 5.28. The summed E-state index contributed by atoms with van der Waals surface area (Å²) in [5.41, 5.74) is 2.93. The summed E-state index contributed by atoms with van der Waals surface area (Å²) in [6, 6.07) is 4.39. The Morgan fingerprint density at radius 1 is 1.47 bits per heavy atom. The summed E-state index contributed by atoms with van der Waals surface area (Å²) >= 11 is 7.66. The first-order valence-corrected chi connectivity index (χ1v) is 7.79. The van der Waals surface area contributed by atoms with Crippen molar-refractivity contribution in [3.63, 3.8) is 0 Å². The van der Waals surface area contributed by atoms with Crippen LogP contribution in [0, 0.1) is 0 Å². The molecule has 0 aliphatic carbocycles. The minimum Gasteiger partial charge on any atom is -0.367 e. The molecular weight excluding hydrogens is 280 g/mol. The van der Waals surface area contributed by atoms with Crippen LogP contribution in [-0.2, 0) is 0 Å². The Labute approximate surface area is 122 Å². The number of anilines is 1. The van der Waals surface area contributed by atoms with Crippen molar-refractivity contribution < 1.29 is 0 Å². The van der Waals surface area contributed by atoms with E-state index < -0.39 is 0 Å².